The molecule has 0 aromatic carbocycles. The number of aromatic nitrogens is 1. The quantitative estimate of drug-likeness (QED) is 0.653. The van der Waals surface area contributed by atoms with E-state index in [1.807, 2.05) is 0 Å². The molecular weight excluding hydrogens is 230 g/mol. The van der Waals surface area contributed by atoms with Crippen LogP contribution in [0.2, 0.25) is 0 Å². The molecule has 0 aliphatic heterocycles. The molecule has 1 unspecified atom stereocenters. The first-order valence-electron chi connectivity index (χ1n) is 4.78. The third-order valence-electron chi connectivity index (χ3n) is 2.02. The van der Waals surface area contributed by atoms with Gasteiger partial charge in [-0.25, -0.2) is 18.1 Å². The Kier molecular flexibility index (Phi) is 4.22. The van der Waals surface area contributed by atoms with E-state index in [1.54, 1.807) is 6.92 Å². The van der Waals surface area contributed by atoms with E-state index in [0.29, 0.717) is 0 Å². The summed E-state index contributed by atoms with van der Waals surface area (Å²) < 4.78 is 25.9. The van der Waals surface area contributed by atoms with Gasteiger partial charge in [0.05, 0.1) is 0 Å². The minimum absolute atomic E-state index is 0.0355. The lowest BCUT2D eigenvalue weighted by Gasteiger charge is -2.11. The number of pyridine rings is 1. The first-order valence-corrected chi connectivity index (χ1v) is 6.26. The highest BCUT2D eigenvalue weighted by molar-refractivity contribution is 7.89. The highest BCUT2D eigenvalue weighted by Gasteiger charge is 2.18. The smallest absolute Gasteiger partial charge is 0.244 e. The van der Waals surface area contributed by atoms with Gasteiger partial charge in [0, 0.05) is 19.3 Å². The molecule has 0 bridgehead atoms. The molecule has 90 valence electrons. The van der Waals surface area contributed by atoms with E-state index in [1.165, 1.54) is 18.3 Å². The number of hydrogen-bond donors (Lipinski definition) is 3. The summed E-state index contributed by atoms with van der Waals surface area (Å²) in [5.41, 5.74) is 5.47. The van der Waals surface area contributed by atoms with Crippen molar-refractivity contribution >= 4 is 15.8 Å². The summed E-state index contributed by atoms with van der Waals surface area (Å²) in [5.74, 6) is -0.181. The lowest BCUT2D eigenvalue weighted by Crippen LogP contribution is -2.30. The second-order valence-electron chi connectivity index (χ2n) is 3.53. The van der Waals surface area contributed by atoms with Gasteiger partial charge in [0.2, 0.25) is 10.0 Å². The fraction of sp³-hybridized carbons (Fsp3) is 0.444. The standard InChI is InChI=1S/C9H15N3O3S/c1-7(6-13)5-12-16(14,15)8-3-2-4-11-9(8)10/h2-4,7,12-13H,5-6H2,1H3,(H2,10,11). The van der Waals surface area contributed by atoms with Crippen molar-refractivity contribution in [1.82, 2.24) is 9.71 Å². The van der Waals surface area contributed by atoms with Crippen molar-refractivity contribution in [2.75, 3.05) is 18.9 Å². The van der Waals surface area contributed by atoms with E-state index in [2.05, 4.69) is 9.71 Å². The molecule has 4 N–H and O–H groups in total. The van der Waals surface area contributed by atoms with Crippen LogP contribution in [0.25, 0.3) is 0 Å². The number of nitrogens with zero attached hydrogens (tertiary/aromatic N) is 1. The maximum atomic E-state index is 11.8. The third kappa shape index (κ3) is 3.16. The zero-order valence-electron chi connectivity index (χ0n) is 8.92. The van der Waals surface area contributed by atoms with Gasteiger partial charge in [-0.3, -0.25) is 0 Å². The Morgan fingerprint density at radius 2 is 2.31 bits per heavy atom. The Balaban J connectivity index is 2.83. The monoisotopic (exact) mass is 245 g/mol. The second kappa shape index (κ2) is 5.24. The SMILES string of the molecule is CC(CO)CNS(=O)(=O)c1cccnc1N. The van der Waals surface area contributed by atoms with E-state index >= 15 is 0 Å². The average molecular weight is 245 g/mol. The van der Waals surface area contributed by atoms with Crippen LogP contribution in [-0.4, -0.2) is 31.7 Å². The molecule has 0 aliphatic carbocycles. The van der Waals surface area contributed by atoms with Gasteiger partial charge in [0.1, 0.15) is 10.7 Å². The second-order valence-corrected chi connectivity index (χ2v) is 5.26. The maximum absolute atomic E-state index is 11.8. The van der Waals surface area contributed by atoms with E-state index < -0.39 is 10.0 Å². The molecule has 0 saturated carbocycles. The highest BCUT2D eigenvalue weighted by Crippen LogP contribution is 2.14. The normalized spacial score (nSPS) is 13.6. The highest BCUT2D eigenvalue weighted by atomic mass is 32.2. The molecule has 16 heavy (non-hydrogen) atoms. The summed E-state index contributed by atoms with van der Waals surface area (Å²) in [7, 11) is -3.64. The fourth-order valence-electron chi connectivity index (χ4n) is 1.02. The predicted molar refractivity (Wildman–Crippen MR) is 60.1 cm³/mol. The van der Waals surface area contributed by atoms with Gasteiger partial charge in [-0.2, -0.15) is 0 Å². The van der Waals surface area contributed by atoms with Gasteiger partial charge in [-0.1, -0.05) is 6.92 Å². The van der Waals surface area contributed by atoms with E-state index in [4.69, 9.17) is 10.8 Å². The number of rotatable bonds is 5. The molecule has 7 heteroatoms. The minimum Gasteiger partial charge on any atom is -0.396 e. The van der Waals surface area contributed by atoms with E-state index in [-0.39, 0.29) is 29.8 Å². The van der Waals surface area contributed by atoms with Crippen molar-refractivity contribution in [2.45, 2.75) is 11.8 Å². The van der Waals surface area contributed by atoms with Gasteiger partial charge in [-0.05, 0) is 18.1 Å². The Hall–Kier alpha value is -1.18. The van der Waals surface area contributed by atoms with Gasteiger partial charge >= 0.3 is 0 Å². The van der Waals surface area contributed by atoms with Crippen LogP contribution in [0.15, 0.2) is 23.2 Å². The molecule has 1 aromatic rings. The van der Waals surface area contributed by atoms with Gasteiger partial charge in [0.15, 0.2) is 0 Å². The van der Waals surface area contributed by atoms with Crippen LogP contribution < -0.4 is 10.5 Å². The molecule has 0 amide bonds. The van der Waals surface area contributed by atoms with Gasteiger partial charge < -0.3 is 10.8 Å². The van der Waals surface area contributed by atoms with Crippen molar-refractivity contribution in [3.8, 4) is 0 Å². The lowest BCUT2D eigenvalue weighted by atomic mass is 10.2. The van der Waals surface area contributed by atoms with Crippen molar-refractivity contribution in [3.63, 3.8) is 0 Å². The minimum atomic E-state index is -3.64. The van der Waals surface area contributed by atoms with E-state index in [9.17, 15) is 8.42 Å². The molecule has 1 rings (SSSR count). The Morgan fingerprint density at radius 1 is 1.62 bits per heavy atom. The predicted octanol–water partition coefficient (Wildman–Crippen LogP) is -0.429. The van der Waals surface area contributed by atoms with Gasteiger partial charge in [-0.15, -0.1) is 0 Å². The van der Waals surface area contributed by atoms with Crippen molar-refractivity contribution in [1.29, 1.82) is 0 Å². The van der Waals surface area contributed by atoms with Crippen molar-refractivity contribution in [2.24, 2.45) is 5.92 Å². The topological polar surface area (TPSA) is 105 Å². The Morgan fingerprint density at radius 3 is 2.88 bits per heavy atom. The molecule has 1 atom stereocenters. The fourth-order valence-corrected chi connectivity index (χ4v) is 2.27. The number of nitrogen functional groups attached to an aromatic ring is 1. The zero-order valence-corrected chi connectivity index (χ0v) is 9.74. The lowest BCUT2D eigenvalue weighted by molar-refractivity contribution is 0.238. The molecule has 0 spiro atoms. The summed E-state index contributed by atoms with van der Waals surface area (Å²) in [4.78, 5) is 3.66. The number of sulfonamides is 1. The summed E-state index contributed by atoms with van der Waals surface area (Å²) in [6.45, 7) is 1.81. The molecule has 0 radical (unpaired) electrons. The molecule has 0 saturated heterocycles. The summed E-state index contributed by atoms with van der Waals surface area (Å²) in [6, 6.07) is 2.88. The van der Waals surface area contributed by atoms with Crippen LogP contribution in [0.1, 0.15) is 6.92 Å². The first-order chi connectivity index (χ1) is 7.47. The van der Waals surface area contributed by atoms with Crippen LogP contribution in [0.5, 0.6) is 0 Å². The van der Waals surface area contributed by atoms with Crippen LogP contribution in [0, 0.1) is 5.92 Å². The number of aliphatic hydroxyl groups excluding tert-OH is 1. The molecule has 0 aliphatic rings. The first kappa shape index (κ1) is 12.9. The maximum Gasteiger partial charge on any atom is 0.244 e. The largest absolute Gasteiger partial charge is 0.396 e. The summed E-state index contributed by atoms with van der Waals surface area (Å²) in [5, 5.41) is 8.78. The average Bonchev–Trinajstić information content (AvgIpc) is 2.26. The Bertz CT molecular complexity index is 447. The number of anilines is 1. The number of hydrogen-bond acceptors (Lipinski definition) is 5. The van der Waals surface area contributed by atoms with Crippen LogP contribution in [-0.2, 0) is 10.0 Å². The molecule has 6 nitrogen and oxygen atoms in total. The van der Waals surface area contributed by atoms with Gasteiger partial charge in [0.25, 0.3) is 0 Å². The zero-order chi connectivity index (χ0) is 12.2. The summed E-state index contributed by atoms with van der Waals surface area (Å²) >= 11 is 0. The van der Waals surface area contributed by atoms with Crippen molar-refractivity contribution in [3.05, 3.63) is 18.3 Å². The number of nitrogens with two attached hydrogens (primary N) is 1. The molecule has 0 fully saturated rings. The third-order valence-corrected chi connectivity index (χ3v) is 3.49. The Labute approximate surface area is 94.6 Å². The number of aliphatic hydroxyl groups is 1. The molecule has 1 aromatic heterocycles. The van der Waals surface area contributed by atoms with Crippen LogP contribution >= 0.6 is 0 Å². The summed E-state index contributed by atoms with van der Waals surface area (Å²) in [6.07, 6.45) is 1.42. The van der Waals surface area contributed by atoms with Crippen LogP contribution in [0.3, 0.4) is 0 Å². The number of nitrogens with one attached hydrogen (secondary N) is 1. The van der Waals surface area contributed by atoms with Crippen LogP contribution in [0.4, 0.5) is 5.82 Å². The molecule has 1 heterocycles. The molecular formula is C9H15N3O3S. The van der Waals surface area contributed by atoms with Crippen molar-refractivity contribution < 1.29 is 13.5 Å². The van der Waals surface area contributed by atoms with E-state index in [0.717, 1.165) is 0 Å².